The fourth-order valence-electron chi connectivity index (χ4n) is 21.1. The molecule has 4 unspecified atom stereocenters. The Morgan fingerprint density at radius 2 is 0.898 bits per heavy atom. The molecule has 2 aromatic rings. The summed E-state index contributed by atoms with van der Waals surface area (Å²) >= 11 is 0. The first kappa shape index (κ1) is 25.9. The summed E-state index contributed by atoms with van der Waals surface area (Å²) in [5.74, 6) is 24.7. The lowest BCUT2D eigenvalue weighted by molar-refractivity contribution is -0.322. The maximum absolute atomic E-state index is 9.87. The zero-order valence-corrected chi connectivity index (χ0v) is 28.4. The van der Waals surface area contributed by atoms with Crippen molar-refractivity contribution in [2.45, 2.75) is 43.9 Å². The molecule has 0 aliphatic heterocycles. The maximum atomic E-state index is 9.87. The number of hydrogen-bond acceptors (Lipinski definition) is 4. The van der Waals surface area contributed by atoms with E-state index in [1.807, 2.05) is 14.2 Å². The molecule has 0 N–H and O–H groups in total. The van der Waals surface area contributed by atoms with Gasteiger partial charge in [-0.15, -0.1) is 0 Å². The summed E-state index contributed by atoms with van der Waals surface area (Å²) < 4.78 is 12.5. The Morgan fingerprint density at radius 1 is 0.531 bits per heavy atom. The first-order valence-electron chi connectivity index (χ1n) is 20.4. The number of allylic oxidation sites excluding steroid dienone is 2. The third-order valence-electron chi connectivity index (χ3n) is 20.9. The molecule has 4 heteroatoms. The average Bonchev–Trinajstić information content (AvgIpc) is 3.96. The molecule has 49 heavy (non-hydrogen) atoms. The summed E-state index contributed by atoms with van der Waals surface area (Å²) in [6.07, 6.45) is 7.11. The van der Waals surface area contributed by atoms with Crippen LogP contribution in [0.2, 0.25) is 0 Å². The number of rotatable bonds is 2. The van der Waals surface area contributed by atoms with Crippen molar-refractivity contribution in [1.82, 2.24) is 0 Å². The molecule has 13 aliphatic rings. The van der Waals surface area contributed by atoms with Crippen molar-refractivity contribution in [1.29, 1.82) is 10.5 Å². The van der Waals surface area contributed by atoms with Gasteiger partial charge in [0.15, 0.2) is 0 Å². The summed E-state index contributed by atoms with van der Waals surface area (Å²) in [5.41, 5.74) is 4.93. The molecule has 13 aliphatic carbocycles. The smallest absolute Gasteiger partial charge is 0.130 e. The summed E-state index contributed by atoms with van der Waals surface area (Å²) in [7, 11) is 3.80. The van der Waals surface area contributed by atoms with Crippen LogP contribution in [0.3, 0.4) is 0 Å². The van der Waals surface area contributed by atoms with Gasteiger partial charge in [0, 0.05) is 21.9 Å². The van der Waals surface area contributed by atoms with Crippen molar-refractivity contribution >= 4 is 10.8 Å². The topological polar surface area (TPSA) is 66.0 Å². The maximum Gasteiger partial charge on any atom is 0.130 e. The quantitative estimate of drug-likeness (QED) is 0.189. The molecule has 0 heterocycles. The minimum atomic E-state index is 0.514. The molecule has 0 radical (unpaired) electrons. The largest absolute Gasteiger partial charge is 0.496 e. The minimum absolute atomic E-state index is 0.514. The number of hydrogen-bond donors (Lipinski definition) is 0. The summed E-state index contributed by atoms with van der Waals surface area (Å²) in [6.45, 7) is 0. The second kappa shape index (κ2) is 7.76. The molecule has 0 aromatic heterocycles. The van der Waals surface area contributed by atoms with Crippen molar-refractivity contribution in [2.24, 2.45) is 130 Å². The van der Waals surface area contributed by atoms with Crippen molar-refractivity contribution < 1.29 is 9.47 Å². The van der Waals surface area contributed by atoms with Gasteiger partial charge in [0.1, 0.15) is 29.2 Å². The highest BCUT2D eigenvalue weighted by Gasteiger charge is 2.88. The first-order valence-corrected chi connectivity index (χ1v) is 20.4. The zero-order chi connectivity index (χ0) is 31.7. The van der Waals surface area contributed by atoms with Crippen LogP contribution < -0.4 is 9.47 Å². The predicted octanol–water partition coefficient (Wildman–Crippen LogP) is 8.05. The molecule has 0 amide bonds. The molecule has 4 nitrogen and oxygen atoms in total. The monoisotopic (exact) mass is 644 g/mol. The van der Waals surface area contributed by atoms with Crippen LogP contribution >= 0.6 is 0 Å². The van der Waals surface area contributed by atoms with Crippen LogP contribution in [0.5, 0.6) is 11.5 Å². The van der Waals surface area contributed by atoms with E-state index in [1.54, 1.807) is 6.42 Å². The molecule has 2 aromatic carbocycles. The van der Waals surface area contributed by atoms with E-state index in [0.717, 1.165) is 130 Å². The van der Waals surface area contributed by atoms with Gasteiger partial charge in [0.2, 0.25) is 0 Å². The van der Waals surface area contributed by atoms with Crippen LogP contribution in [0.4, 0.5) is 0 Å². The van der Waals surface area contributed by atoms with E-state index in [4.69, 9.17) is 9.47 Å². The van der Waals surface area contributed by atoms with Crippen molar-refractivity contribution in [3.63, 3.8) is 0 Å². The molecule has 12 saturated carbocycles. The molecule has 0 spiro atoms. The standard InChI is InChI=1S/C45H44N2O2/c1-48-44-15-5-3-4-6-16(15)45(49-2)43-37-24-11-23(36(37)42(43)44)34-35(24)41-33-22-10-21(32(33)40(34)41)30-31(22)39-29-20-9-19(28(29)38(30)39)26-17-7-8-18(27(20)26)25(17)14(12-46)13-47/h3-6,17-24,26-41H,7-11H2,1-2H3/t17-,18+,19-,20+,21-,22+,23-,24+,26+,27-,28-,29+,30+,31-,32-,33+,34+,35-,36-,37+,38?,39?,40?,41?. The van der Waals surface area contributed by atoms with Crippen LogP contribution in [-0.4, -0.2) is 14.2 Å². The van der Waals surface area contributed by atoms with Gasteiger partial charge in [-0.25, -0.2) is 0 Å². The lowest BCUT2D eigenvalue weighted by atomic mass is 9.25. The van der Waals surface area contributed by atoms with Crippen LogP contribution in [0.15, 0.2) is 35.4 Å². The van der Waals surface area contributed by atoms with E-state index < -0.39 is 0 Å². The molecule has 246 valence electrons. The highest BCUT2D eigenvalue weighted by molar-refractivity contribution is 5.98. The van der Waals surface area contributed by atoms with Crippen molar-refractivity contribution in [3.05, 3.63) is 46.5 Å². The molecule has 24 atom stereocenters. The fourth-order valence-corrected chi connectivity index (χ4v) is 21.1. The van der Waals surface area contributed by atoms with Gasteiger partial charge < -0.3 is 9.47 Å². The highest BCUT2D eigenvalue weighted by Crippen LogP contribution is 2.93. The average molecular weight is 645 g/mol. The van der Waals surface area contributed by atoms with Gasteiger partial charge in [-0.05, 0) is 180 Å². The van der Waals surface area contributed by atoms with Gasteiger partial charge in [0.25, 0.3) is 0 Å². The Kier molecular flexibility index (Phi) is 4.10. The van der Waals surface area contributed by atoms with Gasteiger partial charge in [-0.1, -0.05) is 24.3 Å². The van der Waals surface area contributed by atoms with Crippen LogP contribution in [-0.2, 0) is 0 Å². The van der Waals surface area contributed by atoms with E-state index in [9.17, 15) is 10.5 Å². The number of fused-ring (bicyclic) bond motifs is 42. The number of benzene rings is 2. The van der Waals surface area contributed by atoms with E-state index in [0.29, 0.717) is 29.2 Å². The number of nitrogens with zero attached hydrogens (tertiary/aromatic N) is 2. The molecule has 15 rings (SSSR count). The Labute approximate surface area is 288 Å². The Hall–Kier alpha value is -2.98. The van der Waals surface area contributed by atoms with Gasteiger partial charge in [-0.2, -0.15) is 10.5 Å². The number of methoxy groups -OCH3 is 2. The number of nitriles is 2. The van der Waals surface area contributed by atoms with E-state index in [1.165, 1.54) is 53.2 Å². The molecule has 12 fully saturated rings. The zero-order valence-electron chi connectivity index (χ0n) is 28.4. The second-order valence-corrected chi connectivity index (χ2v) is 20.1. The summed E-state index contributed by atoms with van der Waals surface area (Å²) in [4.78, 5) is 0. The van der Waals surface area contributed by atoms with E-state index in [2.05, 4.69) is 36.4 Å². The van der Waals surface area contributed by atoms with Crippen molar-refractivity contribution in [3.8, 4) is 23.6 Å². The van der Waals surface area contributed by atoms with Crippen LogP contribution in [0.25, 0.3) is 10.8 Å². The Bertz CT molecular complexity index is 1980. The molecule has 8 bridgehead atoms. The number of ether oxygens (including phenoxy) is 2. The van der Waals surface area contributed by atoms with Crippen molar-refractivity contribution in [2.75, 3.05) is 14.2 Å². The van der Waals surface area contributed by atoms with E-state index >= 15 is 0 Å². The highest BCUT2D eigenvalue weighted by atomic mass is 16.5. The Morgan fingerprint density at radius 3 is 1.29 bits per heavy atom. The Balaban J connectivity index is 0.758. The lowest BCUT2D eigenvalue weighted by Crippen LogP contribution is -2.76. The third kappa shape index (κ3) is 2.24. The SMILES string of the molecule is COc1c2c(c(OC)c3ccccc13)[C@H]1[C@H]3C[C@@H]([C@@H]21)[C@@H]1C2C([C@H]31)[C@H]1[C@H]3C[C@@H]([C@@H]21)[C@@H]1C2C([C@H]31)[C@H]1[C@H]3C[C@@H]([C@@H]21)[C@H]1[C@@H]3[C@H]2CC[C@@H]1C2=C(C#N)C#N. The first-order chi connectivity index (χ1) is 24.2. The second-order valence-electron chi connectivity index (χ2n) is 20.1. The summed E-state index contributed by atoms with van der Waals surface area (Å²) in [6, 6.07) is 13.5. The molecule has 0 saturated heterocycles. The van der Waals surface area contributed by atoms with Gasteiger partial charge >= 0.3 is 0 Å². The van der Waals surface area contributed by atoms with Crippen LogP contribution in [0, 0.1) is 153 Å². The lowest BCUT2D eigenvalue weighted by Gasteiger charge is -2.79. The molecular formula is C45H44N2O2. The normalized spacial score (nSPS) is 60.0. The van der Waals surface area contributed by atoms with E-state index in [-0.39, 0.29) is 0 Å². The van der Waals surface area contributed by atoms with Gasteiger partial charge in [0.05, 0.1) is 14.2 Å². The molecular weight excluding hydrogens is 601 g/mol. The fraction of sp³-hybridized carbons (Fsp3) is 0.689. The third-order valence-corrected chi connectivity index (χ3v) is 20.9. The van der Waals surface area contributed by atoms with Gasteiger partial charge in [-0.3, -0.25) is 0 Å². The minimum Gasteiger partial charge on any atom is -0.496 e. The van der Waals surface area contributed by atoms with Crippen LogP contribution in [0.1, 0.15) is 55.1 Å². The predicted molar refractivity (Wildman–Crippen MR) is 181 cm³/mol. The summed E-state index contributed by atoms with van der Waals surface area (Å²) in [5, 5.41) is 22.2.